The molecule has 242 valence electrons. The van der Waals surface area contributed by atoms with Crippen molar-refractivity contribution in [1.82, 2.24) is 19.7 Å². The Morgan fingerprint density at radius 3 is 2.47 bits per heavy atom. The van der Waals surface area contributed by atoms with Gasteiger partial charge < -0.3 is 19.6 Å². The van der Waals surface area contributed by atoms with Crippen LogP contribution in [0.15, 0.2) is 30.5 Å². The number of rotatable bonds is 8. The van der Waals surface area contributed by atoms with Crippen LogP contribution in [0.4, 0.5) is 22.2 Å². The first-order valence-electron chi connectivity index (χ1n) is 15.3. The average Bonchev–Trinajstić information content (AvgIpc) is 3.49. The van der Waals surface area contributed by atoms with Crippen LogP contribution in [0.3, 0.4) is 0 Å². The lowest BCUT2D eigenvalue weighted by atomic mass is 9.83. The Balaban J connectivity index is 1.80. The predicted octanol–water partition coefficient (Wildman–Crippen LogP) is 7.06. The Labute approximate surface area is 267 Å². The molecule has 1 amide bonds. The summed E-state index contributed by atoms with van der Waals surface area (Å²) in [4.78, 5) is 24.3. The minimum absolute atomic E-state index is 0.00254. The third-order valence-corrected chi connectivity index (χ3v) is 12.9. The summed E-state index contributed by atoms with van der Waals surface area (Å²) in [5.74, 6) is 0.999. The lowest BCUT2D eigenvalue weighted by Gasteiger charge is -2.39. The van der Waals surface area contributed by atoms with Crippen LogP contribution < -0.4 is 10.2 Å². The average molecular weight is 634 g/mol. The Bertz CT molecular complexity index is 1610. The fourth-order valence-corrected chi connectivity index (χ4v) is 6.10. The standard InChI is InChI=1S/C33H47N7O4Si/c1-21(2)40-27(16-24(18-41)38-40)37-29-35-13-12-26(36-29)22-14-23(17-34)28-25(15-22)33(9,20-43-45(10,11)32(6,7)8)19-39(28)30(42)44-31(3,4)5/h12-16,21,41H,18-20H2,1-11H3,(H,35,36,37). The molecule has 1 aliphatic rings. The number of nitriles is 1. The van der Waals surface area contributed by atoms with E-state index in [4.69, 9.17) is 14.1 Å². The summed E-state index contributed by atoms with van der Waals surface area (Å²) in [6.45, 7) is 23.1. The van der Waals surface area contributed by atoms with Crippen molar-refractivity contribution >= 4 is 31.9 Å². The first-order valence-corrected chi connectivity index (χ1v) is 18.2. The van der Waals surface area contributed by atoms with E-state index in [0.717, 1.165) is 5.56 Å². The molecule has 2 N–H and O–H groups in total. The highest BCUT2D eigenvalue weighted by atomic mass is 28.4. The summed E-state index contributed by atoms with van der Waals surface area (Å²) in [6, 6.07) is 9.68. The summed E-state index contributed by atoms with van der Waals surface area (Å²) in [6.07, 6.45) is 1.15. The van der Waals surface area contributed by atoms with E-state index in [1.165, 1.54) is 0 Å². The Hall–Kier alpha value is -3.79. The van der Waals surface area contributed by atoms with Crippen molar-refractivity contribution in [1.29, 1.82) is 5.26 Å². The number of aromatic nitrogens is 4. The third-order valence-electron chi connectivity index (χ3n) is 8.46. The van der Waals surface area contributed by atoms with Gasteiger partial charge in [-0.3, -0.25) is 4.90 Å². The van der Waals surface area contributed by atoms with Gasteiger partial charge in [-0.15, -0.1) is 0 Å². The number of aliphatic hydroxyl groups is 1. The van der Waals surface area contributed by atoms with Crippen LogP contribution in [0.1, 0.15) is 85.2 Å². The summed E-state index contributed by atoms with van der Waals surface area (Å²) >= 11 is 0. The summed E-state index contributed by atoms with van der Waals surface area (Å²) in [5, 5.41) is 27.7. The van der Waals surface area contributed by atoms with Gasteiger partial charge in [-0.05, 0) is 76.5 Å². The second-order valence-corrected chi connectivity index (χ2v) is 19.6. The molecule has 0 saturated carbocycles. The lowest BCUT2D eigenvalue weighted by molar-refractivity contribution is 0.0575. The number of carbonyl (C=O) groups is 1. The summed E-state index contributed by atoms with van der Waals surface area (Å²) < 4.78 is 14.3. The molecule has 45 heavy (non-hydrogen) atoms. The maximum absolute atomic E-state index is 13.5. The maximum atomic E-state index is 13.5. The number of hydrogen-bond donors (Lipinski definition) is 2. The second kappa shape index (κ2) is 12.2. The number of carbonyl (C=O) groups excluding carboxylic acids is 1. The number of hydrogen-bond acceptors (Lipinski definition) is 9. The van der Waals surface area contributed by atoms with E-state index < -0.39 is 25.4 Å². The van der Waals surface area contributed by atoms with Crippen LogP contribution in [0.25, 0.3) is 11.3 Å². The van der Waals surface area contributed by atoms with E-state index in [1.54, 1.807) is 34.0 Å². The monoisotopic (exact) mass is 633 g/mol. The number of amides is 1. The molecule has 1 atom stereocenters. The number of ether oxygens (including phenoxy) is 1. The zero-order valence-corrected chi connectivity index (χ0v) is 29.4. The molecule has 2 aromatic heterocycles. The quantitative estimate of drug-likeness (QED) is 0.250. The predicted molar refractivity (Wildman–Crippen MR) is 178 cm³/mol. The van der Waals surface area contributed by atoms with Gasteiger partial charge in [-0.1, -0.05) is 27.7 Å². The van der Waals surface area contributed by atoms with E-state index in [2.05, 4.69) is 62.3 Å². The van der Waals surface area contributed by atoms with Gasteiger partial charge in [-0.2, -0.15) is 10.4 Å². The molecule has 3 aromatic rings. The van der Waals surface area contributed by atoms with Gasteiger partial charge in [0.05, 0.1) is 29.2 Å². The third kappa shape index (κ3) is 7.21. The highest BCUT2D eigenvalue weighted by Gasteiger charge is 2.47. The molecule has 1 aromatic carbocycles. The molecule has 1 unspecified atom stereocenters. The summed E-state index contributed by atoms with van der Waals surface area (Å²) in [5.41, 5.74) is 2.27. The number of benzene rings is 1. The number of fused-ring (bicyclic) bond motifs is 1. The van der Waals surface area contributed by atoms with Crippen molar-refractivity contribution < 1.29 is 19.1 Å². The molecule has 1 aliphatic heterocycles. The van der Waals surface area contributed by atoms with Gasteiger partial charge in [-0.25, -0.2) is 19.4 Å². The van der Waals surface area contributed by atoms with Crippen LogP contribution in [0.2, 0.25) is 18.1 Å². The largest absolute Gasteiger partial charge is 0.443 e. The zero-order valence-electron chi connectivity index (χ0n) is 28.4. The van der Waals surface area contributed by atoms with Crippen molar-refractivity contribution in [3.63, 3.8) is 0 Å². The molecule has 3 heterocycles. The topological polar surface area (TPSA) is 138 Å². The minimum Gasteiger partial charge on any atom is -0.443 e. The Morgan fingerprint density at radius 1 is 1.20 bits per heavy atom. The Kier molecular flexibility index (Phi) is 9.23. The van der Waals surface area contributed by atoms with Crippen molar-refractivity contribution in [2.45, 2.75) is 104 Å². The van der Waals surface area contributed by atoms with Crippen LogP contribution in [-0.4, -0.2) is 58.0 Å². The molecule has 0 bridgehead atoms. The van der Waals surface area contributed by atoms with Crippen LogP contribution in [0.5, 0.6) is 0 Å². The lowest BCUT2D eigenvalue weighted by Crippen LogP contribution is -2.46. The Morgan fingerprint density at radius 2 is 1.89 bits per heavy atom. The van der Waals surface area contributed by atoms with Gasteiger partial charge in [0.25, 0.3) is 0 Å². The van der Waals surface area contributed by atoms with E-state index in [1.807, 2.05) is 40.7 Å². The van der Waals surface area contributed by atoms with Crippen LogP contribution >= 0.6 is 0 Å². The molecule has 0 saturated heterocycles. The first kappa shape index (κ1) is 34.1. The van der Waals surface area contributed by atoms with Crippen LogP contribution in [0, 0.1) is 11.3 Å². The smallest absolute Gasteiger partial charge is 0.414 e. The molecule has 12 heteroatoms. The van der Waals surface area contributed by atoms with Crippen LogP contribution in [-0.2, 0) is 21.2 Å². The highest BCUT2D eigenvalue weighted by Crippen LogP contribution is 2.47. The van der Waals surface area contributed by atoms with E-state index in [-0.39, 0.29) is 17.7 Å². The van der Waals surface area contributed by atoms with Gasteiger partial charge in [0.15, 0.2) is 8.32 Å². The number of nitrogens with one attached hydrogen (secondary N) is 1. The molecule has 0 radical (unpaired) electrons. The number of aliphatic hydroxyl groups excluding tert-OH is 1. The molecular formula is C33H47N7O4Si. The van der Waals surface area contributed by atoms with Gasteiger partial charge in [0.2, 0.25) is 5.95 Å². The normalized spacial score (nSPS) is 16.9. The maximum Gasteiger partial charge on any atom is 0.414 e. The van der Waals surface area contributed by atoms with Gasteiger partial charge >= 0.3 is 6.09 Å². The summed E-state index contributed by atoms with van der Waals surface area (Å²) in [7, 11) is -2.14. The SMILES string of the molecule is CC(C)n1nc(CO)cc1Nc1nccc(-c2cc(C#N)c3c(c2)C(C)(CO[Si](C)(C)C(C)(C)C)CN3C(=O)OC(C)(C)C)n1. The highest BCUT2D eigenvalue weighted by molar-refractivity contribution is 6.74. The van der Waals surface area contributed by atoms with E-state index in [9.17, 15) is 15.2 Å². The zero-order chi connectivity index (χ0) is 33.5. The van der Waals surface area contributed by atoms with Gasteiger partial charge in [0, 0.05) is 42.4 Å². The first-order chi connectivity index (χ1) is 20.8. The molecule has 4 rings (SSSR count). The van der Waals surface area contributed by atoms with Crippen molar-refractivity contribution in [2.75, 3.05) is 23.4 Å². The van der Waals surface area contributed by atoms with Crippen molar-refractivity contribution in [3.8, 4) is 17.3 Å². The molecule has 0 fully saturated rings. The second-order valence-electron chi connectivity index (χ2n) is 14.8. The van der Waals surface area contributed by atoms with Gasteiger partial charge in [0.1, 0.15) is 17.5 Å². The fourth-order valence-electron chi connectivity index (χ4n) is 4.99. The van der Waals surface area contributed by atoms with E-state index >= 15 is 0 Å². The number of anilines is 3. The fraction of sp³-hybridized carbons (Fsp3) is 0.545. The molecular weight excluding hydrogens is 586 g/mol. The molecule has 0 aliphatic carbocycles. The molecule has 0 spiro atoms. The van der Waals surface area contributed by atoms with Crippen molar-refractivity contribution in [3.05, 3.63) is 47.3 Å². The minimum atomic E-state index is -2.14. The number of nitrogens with zero attached hydrogens (tertiary/aromatic N) is 6. The molecule has 11 nitrogen and oxygen atoms in total. The van der Waals surface area contributed by atoms with E-state index in [0.29, 0.717) is 53.1 Å². The van der Waals surface area contributed by atoms with Crippen molar-refractivity contribution in [2.24, 2.45) is 0 Å².